The fourth-order valence-electron chi connectivity index (χ4n) is 3.94. The third-order valence-corrected chi connectivity index (χ3v) is 6.75. The van der Waals surface area contributed by atoms with Crippen LogP contribution in [0.15, 0.2) is 41.8 Å². The largest absolute Gasteiger partial charge is 0.495 e. The summed E-state index contributed by atoms with van der Waals surface area (Å²) in [5, 5.41) is 20.9. The van der Waals surface area contributed by atoms with Gasteiger partial charge in [0.2, 0.25) is 0 Å². The predicted molar refractivity (Wildman–Crippen MR) is 136 cm³/mol. The summed E-state index contributed by atoms with van der Waals surface area (Å²) in [5.41, 5.74) is 2.65. The van der Waals surface area contributed by atoms with Crippen molar-refractivity contribution in [1.82, 2.24) is 15.0 Å². The third kappa shape index (κ3) is 5.68. The van der Waals surface area contributed by atoms with E-state index in [1.165, 1.54) is 11.8 Å². The third-order valence-electron chi connectivity index (χ3n) is 5.70. The Labute approximate surface area is 214 Å². The first kappa shape index (κ1) is 25.2. The van der Waals surface area contributed by atoms with Gasteiger partial charge in [0.25, 0.3) is 0 Å². The maximum Gasteiger partial charge on any atom is 0.148 e. The van der Waals surface area contributed by atoms with Crippen LogP contribution in [-0.4, -0.2) is 55.5 Å². The molecule has 0 unspecified atom stereocenters. The molecule has 0 aromatic carbocycles. The van der Waals surface area contributed by atoms with Crippen molar-refractivity contribution in [2.75, 3.05) is 45.4 Å². The lowest BCUT2D eigenvalue weighted by Gasteiger charge is -2.21. The van der Waals surface area contributed by atoms with Crippen LogP contribution >= 0.6 is 11.8 Å². The van der Waals surface area contributed by atoms with Crippen LogP contribution < -0.4 is 14.4 Å². The number of anilines is 1. The molecular weight excluding hydrogens is 476 g/mol. The van der Waals surface area contributed by atoms with E-state index in [-0.39, 0.29) is 0 Å². The molecule has 0 N–H and O–H groups in total. The number of pyridine rings is 3. The standard InChI is InChI=1S/C26H26N6O3S/c1-33-9-10-35-19-5-6-23(30-16-19)24-21(12-27)25(32-7-3-4-8-32)31-26(22(24)13-28)36-17-18-11-20(34-2)15-29-14-18/h5-6,11,14-16H,3-4,7-10,17H2,1-2H3. The second-order valence-corrected chi connectivity index (χ2v) is 8.99. The van der Waals surface area contributed by atoms with Gasteiger partial charge in [0, 0.05) is 37.7 Å². The summed E-state index contributed by atoms with van der Waals surface area (Å²) in [6, 6.07) is 10.1. The predicted octanol–water partition coefficient (Wildman–Crippen LogP) is 4.21. The molecule has 0 aliphatic carbocycles. The van der Waals surface area contributed by atoms with Crippen LogP contribution in [0, 0.1) is 22.7 Å². The van der Waals surface area contributed by atoms with Crippen LogP contribution in [0.3, 0.4) is 0 Å². The van der Waals surface area contributed by atoms with Gasteiger partial charge in [-0.1, -0.05) is 0 Å². The van der Waals surface area contributed by atoms with Crippen molar-refractivity contribution in [1.29, 1.82) is 10.5 Å². The summed E-state index contributed by atoms with van der Waals surface area (Å²) < 4.78 is 15.9. The number of aromatic nitrogens is 3. The van der Waals surface area contributed by atoms with E-state index in [2.05, 4.69) is 27.0 Å². The summed E-state index contributed by atoms with van der Waals surface area (Å²) in [4.78, 5) is 15.7. The van der Waals surface area contributed by atoms with Gasteiger partial charge >= 0.3 is 0 Å². The quantitative estimate of drug-likeness (QED) is 0.295. The van der Waals surface area contributed by atoms with E-state index >= 15 is 0 Å². The van der Waals surface area contributed by atoms with Crippen molar-refractivity contribution in [3.8, 4) is 34.9 Å². The molecule has 0 spiro atoms. The van der Waals surface area contributed by atoms with Crippen molar-refractivity contribution >= 4 is 17.6 Å². The lowest BCUT2D eigenvalue weighted by molar-refractivity contribution is 0.146. The Morgan fingerprint density at radius 2 is 1.81 bits per heavy atom. The minimum atomic E-state index is 0.330. The number of nitrogens with zero attached hydrogens (tertiary/aromatic N) is 6. The monoisotopic (exact) mass is 502 g/mol. The van der Waals surface area contributed by atoms with E-state index in [0.717, 1.165) is 31.5 Å². The summed E-state index contributed by atoms with van der Waals surface area (Å²) in [6.45, 7) is 2.50. The molecule has 9 nitrogen and oxygen atoms in total. The van der Waals surface area contributed by atoms with Gasteiger partial charge in [0.05, 0.1) is 37.4 Å². The number of methoxy groups -OCH3 is 2. The zero-order valence-corrected chi connectivity index (χ0v) is 21.0. The van der Waals surface area contributed by atoms with Crippen LogP contribution in [0.4, 0.5) is 5.82 Å². The Morgan fingerprint density at radius 1 is 1.00 bits per heavy atom. The first-order valence-electron chi connectivity index (χ1n) is 11.5. The Balaban J connectivity index is 1.76. The first-order valence-corrected chi connectivity index (χ1v) is 12.5. The van der Waals surface area contributed by atoms with Gasteiger partial charge in [-0.05, 0) is 36.6 Å². The van der Waals surface area contributed by atoms with E-state index < -0.39 is 0 Å². The van der Waals surface area contributed by atoms with Gasteiger partial charge in [0.15, 0.2) is 0 Å². The van der Waals surface area contributed by atoms with E-state index in [9.17, 15) is 10.5 Å². The summed E-state index contributed by atoms with van der Waals surface area (Å²) in [5.74, 6) is 2.38. The smallest absolute Gasteiger partial charge is 0.148 e. The maximum absolute atomic E-state index is 10.2. The second-order valence-electron chi connectivity index (χ2n) is 8.03. The Morgan fingerprint density at radius 3 is 2.47 bits per heavy atom. The normalized spacial score (nSPS) is 12.7. The minimum Gasteiger partial charge on any atom is -0.495 e. The summed E-state index contributed by atoms with van der Waals surface area (Å²) >= 11 is 1.43. The molecule has 10 heteroatoms. The molecule has 0 radical (unpaired) electrons. The van der Waals surface area contributed by atoms with Crippen LogP contribution in [0.1, 0.15) is 29.5 Å². The Bertz CT molecular complexity index is 1280. The molecule has 184 valence electrons. The van der Waals surface area contributed by atoms with Gasteiger partial charge in [-0.3, -0.25) is 9.97 Å². The SMILES string of the molecule is COCCOc1ccc(-c2c(C#N)c(SCc3cncc(OC)c3)nc(N3CCCC3)c2C#N)nc1. The van der Waals surface area contributed by atoms with Gasteiger partial charge in [-0.15, -0.1) is 11.8 Å². The van der Waals surface area contributed by atoms with Crippen molar-refractivity contribution < 1.29 is 14.2 Å². The summed E-state index contributed by atoms with van der Waals surface area (Å²) in [6.07, 6.45) is 7.07. The zero-order valence-electron chi connectivity index (χ0n) is 20.2. The average Bonchev–Trinajstić information content (AvgIpc) is 3.46. The summed E-state index contributed by atoms with van der Waals surface area (Å²) in [7, 11) is 3.21. The van der Waals surface area contributed by atoms with Crippen molar-refractivity contribution in [2.24, 2.45) is 0 Å². The van der Waals surface area contributed by atoms with Crippen LogP contribution in [0.5, 0.6) is 11.5 Å². The fraction of sp³-hybridized carbons (Fsp3) is 0.346. The number of nitriles is 2. The van der Waals surface area contributed by atoms with Gasteiger partial charge in [-0.2, -0.15) is 10.5 Å². The molecule has 1 aliphatic rings. The topological polar surface area (TPSA) is 117 Å². The molecule has 1 aliphatic heterocycles. The molecular formula is C26H26N6O3S. The molecule has 36 heavy (non-hydrogen) atoms. The number of hydrogen-bond acceptors (Lipinski definition) is 10. The first-order chi connectivity index (χ1) is 17.7. The highest BCUT2D eigenvalue weighted by atomic mass is 32.2. The second kappa shape index (κ2) is 12.2. The molecule has 0 bridgehead atoms. The molecule has 3 aromatic rings. The number of ether oxygens (including phenoxy) is 3. The Kier molecular flexibility index (Phi) is 8.56. The van der Waals surface area contributed by atoms with E-state index in [0.29, 0.717) is 63.7 Å². The Hall–Kier alpha value is -3.86. The molecule has 3 aromatic heterocycles. The fourth-order valence-corrected chi connectivity index (χ4v) is 4.85. The molecule has 0 atom stereocenters. The van der Waals surface area contributed by atoms with Crippen molar-refractivity contribution in [3.05, 3.63) is 53.5 Å². The van der Waals surface area contributed by atoms with E-state index in [1.807, 2.05) is 6.07 Å². The highest BCUT2D eigenvalue weighted by Crippen LogP contribution is 2.39. The van der Waals surface area contributed by atoms with E-state index in [4.69, 9.17) is 19.2 Å². The average molecular weight is 503 g/mol. The van der Waals surface area contributed by atoms with Crippen molar-refractivity contribution in [3.63, 3.8) is 0 Å². The van der Waals surface area contributed by atoms with Crippen LogP contribution in [-0.2, 0) is 10.5 Å². The molecule has 1 fully saturated rings. The van der Waals surface area contributed by atoms with Crippen LogP contribution in [0.2, 0.25) is 0 Å². The highest BCUT2D eigenvalue weighted by Gasteiger charge is 2.27. The number of thioether (sulfide) groups is 1. The molecule has 0 saturated carbocycles. The number of hydrogen-bond donors (Lipinski definition) is 0. The highest BCUT2D eigenvalue weighted by molar-refractivity contribution is 7.98. The van der Waals surface area contributed by atoms with E-state index in [1.54, 1.807) is 44.9 Å². The molecule has 0 amide bonds. The minimum absolute atomic E-state index is 0.330. The number of rotatable bonds is 10. The molecule has 4 heterocycles. The van der Waals surface area contributed by atoms with Gasteiger partial charge in [-0.25, -0.2) is 4.98 Å². The maximum atomic E-state index is 10.2. The van der Waals surface area contributed by atoms with Gasteiger partial charge in [0.1, 0.15) is 46.7 Å². The van der Waals surface area contributed by atoms with Crippen LogP contribution in [0.25, 0.3) is 11.3 Å². The lowest BCUT2D eigenvalue weighted by atomic mass is 10.0. The van der Waals surface area contributed by atoms with Gasteiger partial charge < -0.3 is 19.1 Å². The zero-order chi connectivity index (χ0) is 25.3. The van der Waals surface area contributed by atoms with Crippen molar-refractivity contribution in [2.45, 2.75) is 23.6 Å². The molecule has 1 saturated heterocycles. The molecule has 4 rings (SSSR count). The lowest BCUT2D eigenvalue weighted by Crippen LogP contribution is -2.21.